The van der Waals surface area contributed by atoms with E-state index >= 15 is 0 Å². The van der Waals surface area contributed by atoms with Crippen molar-refractivity contribution in [2.45, 2.75) is 40.3 Å². The molecule has 2 aromatic carbocycles. The van der Waals surface area contributed by atoms with Crippen molar-refractivity contribution in [1.82, 2.24) is 4.57 Å². The Kier molecular flexibility index (Phi) is 7.71. The molecular weight excluding hydrogens is 625 g/mol. The number of rotatable bonds is 4. The van der Waals surface area contributed by atoms with Crippen molar-refractivity contribution in [3.05, 3.63) is 68.2 Å². The number of imidazole rings is 1. The highest BCUT2D eigenvalue weighted by molar-refractivity contribution is 6.43. The highest BCUT2D eigenvalue weighted by Gasteiger charge is 2.34. The molecule has 0 bridgehead atoms. The topological polar surface area (TPSA) is 15.3 Å². The largest absolute Gasteiger partial charge is 1.00 e. The summed E-state index contributed by atoms with van der Waals surface area (Å²) in [5, 5.41) is 2.32. The van der Waals surface area contributed by atoms with Crippen molar-refractivity contribution < 1.29 is 28.5 Å². The van der Waals surface area contributed by atoms with Crippen LogP contribution in [-0.4, -0.2) is 17.7 Å². The first-order chi connectivity index (χ1) is 15.9. The van der Waals surface area contributed by atoms with E-state index in [2.05, 4.69) is 51.9 Å². The number of aryl methyl sites for hydroxylation is 2. The van der Waals surface area contributed by atoms with Gasteiger partial charge in [-0.3, -0.25) is 0 Å². The molecule has 0 atom stereocenters. The van der Waals surface area contributed by atoms with Crippen molar-refractivity contribution in [2.24, 2.45) is 0 Å². The van der Waals surface area contributed by atoms with Crippen molar-refractivity contribution in [3.63, 3.8) is 0 Å². The Labute approximate surface area is 237 Å². The number of aromatic nitrogens is 2. The van der Waals surface area contributed by atoms with Gasteiger partial charge in [0.25, 0.3) is 5.82 Å². The summed E-state index contributed by atoms with van der Waals surface area (Å²) >= 11 is 25.4. The van der Waals surface area contributed by atoms with Crippen molar-refractivity contribution in [3.8, 4) is 0 Å². The fourth-order valence-electron chi connectivity index (χ4n) is 5.10. The minimum absolute atomic E-state index is 0. The van der Waals surface area contributed by atoms with Crippen LogP contribution < -0.4 is 38.3 Å². The summed E-state index contributed by atoms with van der Waals surface area (Å²) in [6.45, 7) is 9.92. The third-order valence-electron chi connectivity index (χ3n) is 6.54. The number of allylic oxidation sites excluding steroid dienone is 3. The molecule has 0 spiro atoms. The maximum Gasteiger partial charge on any atom is 0.285 e. The lowest BCUT2D eigenvalue weighted by Gasteiger charge is -2.23. The Bertz CT molecular complexity index is 1280. The number of halogens is 5. The van der Waals surface area contributed by atoms with Crippen LogP contribution in [0.25, 0.3) is 16.6 Å². The van der Waals surface area contributed by atoms with Gasteiger partial charge >= 0.3 is 0 Å². The first-order valence-corrected chi connectivity index (χ1v) is 12.8. The minimum Gasteiger partial charge on any atom is -1.00 e. The summed E-state index contributed by atoms with van der Waals surface area (Å²) in [5.41, 5.74) is 5.72. The molecule has 0 unspecified atom stereocenters. The normalized spacial score (nSPS) is 15.9. The fourth-order valence-corrected chi connectivity index (χ4v) is 5.73. The zero-order chi connectivity index (χ0) is 23.4. The molecule has 0 fully saturated rings. The number of benzene rings is 2. The number of hydrogen-bond donors (Lipinski definition) is 0. The third kappa shape index (κ3) is 4.01. The second-order valence-corrected chi connectivity index (χ2v) is 9.81. The van der Waals surface area contributed by atoms with Crippen LogP contribution in [0.2, 0.25) is 20.1 Å². The molecule has 1 aromatic heterocycles. The third-order valence-corrected chi connectivity index (χ3v) is 7.98. The first kappa shape index (κ1) is 26.0. The summed E-state index contributed by atoms with van der Waals surface area (Å²) < 4.78 is 4.68. The highest BCUT2D eigenvalue weighted by atomic mass is 127. The van der Waals surface area contributed by atoms with E-state index in [0.29, 0.717) is 20.1 Å². The SMILES string of the molecule is CCN1C(=CC=C2CC[n+]3c2n(CC)c2cc(Cl)c(Cl)cc23)N(CC)c2cc(Cl)c(Cl)cc21.[I-]. The van der Waals surface area contributed by atoms with Gasteiger partial charge in [0, 0.05) is 37.2 Å². The van der Waals surface area contributed by atoms with Gasteiger partial charge < -0.3 is 33.8 Å². The Morgan fingerprint density at radius 1 is 0.794 bits per heavy atom. The molecule has 0 amide bonds. The quantitative estimate of drug-likeness (QED) is 0.304. The Balaban J connectivity index is 0.00000274. The molecule has 4 nitrogen and oxygen atoms in total. The number of hydrogen-bond acceptors (Lipinski definition) is 2. The van der Waals surface area contributed by atoms with E-state index in [1.165, 1.54) is 11.4 Å². The van der Waals surface area contributed by atoms with E-state index in [1.807, 2.05) is 24.3 Å². The molecule has 3 heterocycles. The van der Waals surface area contributed by atoms with Crippen LogP contribution >= 0.6 is 46.4 Å². The van der Waals surface area contributed by atoms with E-state index in [1.54, 1.807) is 0 Å². The summed E-state index contributed by atoms with van der Waals surface area (Å²) in [7, 11) is 0. The summed E-state index contributed by atoms with van der Waals surface area (Å²) in [4.78, 5) is 4.58. The number of anilines is 2. The molecule has 34 heavy (non-hydrogen) atoms. The van der Waals surface area contributed by atoms with Gasteiger partial charge in [0.2, 0.25) is 0 Å². The van der Waals surface area contributed by atoms with E-state index in [9.17, 15) is 0 Å². The van der Waals surface area contributed by atoms with Crippen LogP contribution in [-0.2, 0) is 13.1 Å². The van der Waals surface area contributed by atoms with Crippen molar-refractivity contribution in [1.29, 1.82) is 0 Å². The molecule has 9 heteroatoms. The van der Waals surface area contributed by atoms with E-state index in [-0.39, 0.29) is 24.0 Å². The van der Waals surface area contributed by atoms with Gasteiger partial charge in [-0.15, -0.1) is 0 Å². The lowest BCUT2D eigenvalue weighted by Crippen LogP contribution is -3.00. The zero-order valence-corrected chi connectivity index (χ0v) is 24.4. The van der Waals surface area contributed by atoms with E-state index < -0.39 is 0 Å². The van der Waals surface area contributed by atoms with Crippen molar-refractivity contribution >= 4 is 74.4 Å². The summed E-state index contributed by atoms with van der Waals surface area (Å²) in [6, 6.07) is 7.88. The van der Waals surface area contributed by atoms with Gasteiger partial charge in [-0.25, -0.2) is 9.13 Å². The van der Waals surface area contributed by atoms with Crippen LogP contribution in [0.4, 0.5) is 11.4 Å². The van der Waals surface area contributed by atoms with Gasteiger partial charge in [-0.05, 0) is 45.1 Å². The van der Waals surface area contributed by atoms with E-state index in [4.69, 9.17) is 46.4 Å². The maximum absolute atomic E-state index is 6.35. The molecule has 0 aliphatic carbocycles. The Morgan fingerprint density at radius 2 is 1.35 bits per heavy atom. The van der Waals surface area contributed by atoms with Gasteiger partial charge in [-0.2, -0.15) is 0 Å². The second-order valence-electron chi connectivity index (χ2n) is 8.18. The first-order valence-electron chi connectivity index (χ1n) is 11.3. The fraction of sp³-hybridized carbons (Fsp3) is 0.320. The number of nitrogens with zero attached hydrogens (tertiary/aromatic N) is 4. The van der Waals surface area contributed by atoms with Crippen LogP contribution in [0.1, 0.15) is 33.0 Å². The van der Waals surface area contributed by atoms with Crippen molar-refractivity contribution in [2.75, 3.05) is 22.9 Å². The van der Waals surface area contributed by atoms with Crippen LogP contribution in [0.15, 0.2) is 42.2 Å². The minimum atomic E-state index is 0. The predicted molar refractivity (Wildman–Crippen MR) is 141 cm³/mol. The number of fused-ring (bicyclic) bond motifs is 4. The summed E-state index contributed by atoms with van der Waals surface area (Å²) in [5.74, 6) is 2.35. The molecule has 5 rings (SSSR count). The highest BCUT2D eigenvalue weighted by Crippen LogP contribution is 2.45. The average molecular weight is 650 g/mol. The van der Waals surface area contributed by atoms with Crippen LogP contribution in [0, 0.1) is 0 Å². The molecule has 0 radical (unpaired) electrons. The lowest BCUT2D eigenvalue weighted by molar-refractivity contribution is -0.664. The van der Waals surface area contributed by atoms with Gasteiger partial charge in [-0.1, -0.05) is 46.4 Å². The smallest absolute Gasteiger partial charge is 0.285 e. The lowest BCUT2D eigenvalue weighted by atomic mass is 10.2. The maximum atomic E-state index is 6.35. The molecule has 180 valence electrons. The Morgan fingerprint density at radius 3 is 1.91 bits per heavy atom. The van der Waals surface area contributed by atoms with Crippen LogP contribution in [0.3, 0.4) is 0 Å². The van der Waals surface area contributed by atoms with Gasteiger partial charge in [0.15, 0.2) is 11.0 Å². The molecule has 3 aromatic rings. The van der Waals surface area contributed by atoms with E-state index in [0.717, 1.165) is 60.8 Å². The molecular formula is C25H25Cl4IN4. The van der Waals surface area contributed by atoms with Crippen LogP contribution in [0.5, 0.6) is 0 Å². The van der Waals surface area contributed by atoms with Gasteiger partial charge in [0.05, 0.1) is 44.6 Å². The summed E-state index contributed by atoms with van der Waals surface area (Å²) in [6.07, 6.45) is 5.44. The predicted octanol–water partition coefficient (Wildman–Crippen LogP) is 4.56. The molecule has 0 saturated carbocycles. The molecule has 0 N–H and O–H groups in total. The molecule has 2 aliphatic heterocycles. The standard InChI is InChI=1S/C25H25Cl4N4.HI/c1-4-30-20-11-16(26)17(27)12-21(20)31(5-2)24(30)8-7-15-9-10-33-23-14-19(29)18(28)13-22(23)32(6-3)25(15)33;/h7-8,11-14H,4-6,9-10H2,1-3H3;1H/q+1;/p-1. The zero-order valence-electron chi connectivity index (χ0n) is 19.2. The average Bonchev–Trinajstić information content (AvgIpc) is 3.42. The Hall–Kier alpha value is -1.12. The monoisotopic (exact) mass is 648 g/mol. The van der Waals surface area contributed by atoms with Gasteiger partial charge in [0.1, 0.15) is 5.82 Å². The molecule has 2 aliphatic rings. The molecule has 0 saturated heterocycles. The second kappa shape index (κ2) is 10.1.